The van der Waals surface area contributed by atoms with Gasteiger partial charge in [0, 0.05) is 18.3 Å². The van der Waals surface area contributed by atoms with Crippen LogP contribution in [-0.2, 0) is 11.3 Å². The largest absolute Gasteiger partial charge is 0.497 e. The van der Waals surface area contributed by atoms with Crippen LogP contribution in [0.25, 0.3) is 0 Å². The molecule has 0 saturated carbocycles. The minimum atomic E-state index is -0.354. The van der Waals surface area contributed by atoms with E-state index in [0.29, 0.717) is 30.2 Å². The summed E-state index contributed by atoms with van der Waals surface area (Å²) in [5.41, 5.74) is 2.01. The van der Waals surface area contributed by atoms with Crippen molar-refractivity contribution in [1.82, 2.24) is 5.32 Å². The number of methoxy groups -OCH3 is 1. The maximum absolute atomic E-state index is 11.9. The molecule has 0 heterocycles. The number of ether oxygens (including phenoxy) is 2. The molecular formula is C18H20N2O4. The van der Waals surface area contributed by atoms with E-state index < -0.39 is 0 Å². The summed E-state index contributed by atoms with van der Waals surface area (Å²) in [6.45, 7) is 2.45. The van der Waals surface area contributed by atoms with Gasteiger partial charge in [0.05, 0.1) is 19.3 Å². The number of nitrogens with one attached hydrogen (secondary N) is 2. The van der Waals surface area contributed by atoms with Crippen molar-refractivity contribution >= 4 is 17.7 Å². The zero-order valence-corrected chi connectivity index (χ0v) is 13.7. The highest BCUT2D eigenvalue weighted by atomic mass is 16.5. The van der Waals surface area contributed by atoms with E-state index in [2.05, 4.69) is 10.6 Å². The van der Waals surface area contributed by atoms with Gasteiger partial charge in [-0.15, -0.1) is 0 Å². The Labute approximate surface area is 140 Å². The molecule has 2 N–H and O–H groups in total. The summed E-state index contributed by atoms with van der Waals surface area (Å²) in [6.07, 6.45) is 0. The standard InChI is InChI=1S/C18H20N2O4/c1-3-24-17(21)14-9-7-13(8-10-14)12-19-18(22)20-15-5-4-6-16(11-15)23-2/h4-11H,3,12H2,1-2H3,(H2,19,20,22). The Hall–Kier alpha value is -3.02. The first kappa shape index (κ1) is 17.3. The van der Waals surface area contributed by atoms with Crippen LogP contribution in [0.15, 0.2) is 48.5 Å². The smallest absolute Gasteiger partial charge is 0.338 e. The van der Waals surface area contributed by atoms with Crippen LogP contribution in [0.4, 0.5) is 10.5 Å². The fourth-order valence-electron chi connectivity index (χ4n) is 2.03. The zero-order valence-electron chi connectivity index (χ0n) is 13.7. The van der Waals surface area contributed by atoms with Crippen LogP contribution < -0.4 is 15.4 Å². The monoisotopic (exact) mass is 328 g/mol. The molecule has 0 bridgehead atoms. The average molecular weight is 328 g/mol. The summed E-state index contributed by atoms with van der Waals surface area (Å²) < 4.78 is 10.0. The molecule has 0 atom stereocenters. The van der Waals surface area contributed by atoms with Gasteiger partial charge in [0.25, 0.3) is 0 Å². The molecule has 6 nitrogen and oxygen atoms in total. The van der Waals surface area contributed by atoms with Gasteiger partial charge in [0.2, 0.25) is 0 Å². The fraction of sp³-hybridized carbons (Fsp3) is 0.222. The lowest BCUT2D eigenvalue weighted by Crippen LogP contribution is -2.28. The third kappa shape index (κ3) is 5.01. The molecule has 0 fully saturated rings. The Kier molecular flexibility index (Phi) is 6.19. The van der Waals surface area contributed by atoms with Gasteiger partial charge < -0.3 is 20.1 Å². The Morgan fingerprint density at radius 1 is 1.08 bits per heavy atom. The lowest BCUT2D eigenvalue weighted by molar-refractivity contribution is 0.0526. The van der Waals surface area contributed by atoms with E-state index in [1.165, 1.54) is 0 Å². The maximum atomic E-state index is 11.9. The SMILES string of the molecule is CCOC(=O)c1ccc(CNC(=O)Nc2cccc(OC)c2)cc1. The van der Waals surface area contributed by atoms with E-state index in [9.17, 15) is 9.59 Å². The molecule has 2 rings (SSSR count). The molecule has 2 amide bonds. The summed E-state index contributed by atoms with van der Waals surface area (Å²) in [6, 6.07) is 13.7. The number of anilines is 1. The number of urea groups is 1. The minimum Gasteiger partial charge on any atom is -0.497 e. The van der Waals surface area contributed by atoms with E-state index >= 15 is 0 Å². The van der Waals surface area contributed by atoms with Crippen LogP contribution in [0.2, 0.25) is 0 Å². The highest BCUT2D eigenvalue weighted by Crippen LogP contribution is 2.16. The Balaban J connectivity index is 1.86. The summed E-state index contributed by atoms with van der Waals surface area (Å²) in [5, 5.41) is 5.48. The molecule has 24 heavy (non-hydrogen) atoms. The minimum absolute atomic E-state index is 0.322. The second kappa shape index (κ2) is 8.57. The molecule has 126 valence electrons. The normalized spacial score (nSPS) is 9.92. The third-order valence-corrected chi connectivity index (χ3v) is 3.25. The van der Waals surface area contributed by atoms with Crippen molar-refractivity contribution < 1.29 is 19.1 Å². The van der Waals surface area contributed by atoms with Crippen LogP contribution in [0.1, 0.15) is 22.8 Å². The molecule has 0 aliphatic heterocycles. The first-order chi connectivity index (χ1) is 11.6. The van der Waals surface area contributed by atoms with Crippen molar-refractivity contribution in [3.8, 4) is 5.75 Å². The maximum Gasteiger partial charge on any atom is 0.338 e. The van der Waals surface area contributed by atoms with Gasteiger partial charge in [-0.25, -0.2) is 9.59 Å². The van der Waals surface area contributed by atoms with Crippen LogP contribution >= 0.6 is 0 Å². The number of rotatable bonds is 6. The molecule has 2 aromatic rings. The predicted octanol–water partition coefficient (Wildman–Crippen LogP) is 3.19. The van der Waals surface area contributed by atoms with E-state index in [4.69, 9.17) is 9.47 Å². The van der Waals surface area contributed by atoms with Crippen molar-refractivity contribution in [2.24, 2.45) is 0 Å². The molecule has 0 unspecified atom stereocenters. The van der Waals surface area contributed by atoms with Crippen LogP contribution in [0, 0.1) is 0 Å². The lowest BCUT2D eigenvalue weighted by Gasteiger charge is -2.09. The van der Waals surface area contributed by atoms with Gasteiger partial charge in [-0.1, -0.05) is 18.2 Å². The van der Waals surface area contributed by atoms with E-state index in [1.54, 1.807) is 62.6 Å². The Bertz CT molecular complexity index is 698. The molecule has 0 aliphatic carbocycles. The molecule has 0 radical (unpaired) electrons. The summed E-state index contributed by atoms with van der Waals surface area (Å²) >= 11 is 0. The van der Waals surface area contributed by atoms with Crippen molar-refractivity contribution in [3.63, 3.8) is 0 Å². The number of benzene rings is 2. The van der Waals surface area contributed by atoms with Crippen molar-refractivity contribution in [1.29, 1.82) is 0 Å². The van der Waals surface area contributed by atoms with Crippen LogP contribution in [-0.4, -0.2) is 25.7 Å². The van der Waals surface area contributed by atoms with E-state index in [0.717, 1.165) is 5.56 Å². The van der Waals surface area contributed by atoms with Crippen LogP contribution in [0.5, 0.6) is 5.75 Å². The van der Waals surface area contributed by atoms with Gasteiger partial charge in [-0.2, -0.15) is 0 Å². The molecule has 2 aromatic carbocycles. The highest BCUT2D eigenvalue weighted by molar-refractivity contribution is 5.90. The zero-order chi connectivity index (χ0) is 17.4. The molecular weight excluding hydrogens is 308 g/mol. The average Bonchev–Trinajstić information content (AvgIpc) is 2.61. The van der Waals surface area contributed by atoms with Crippen LogP contribution in [0.3, 0.4) is 0 Å². The number of esters is 1. The fourth-order valence-corrected chi connectivity index (χ4v) is 2.03. The summed E-state index contributed by atoms with van der Waals surface area (Å²) in [5.74, 6) is 0.315. The predicted molar refractivity (Wildman–Crippen MR) is 91.3 cm³/mol. The molecule has 0 aliphatic rings. The third-order valence-electron chi connectivity index (χ3n) is 3.25. The molecule has 0 saturated heterocycles. The van der Waals surface area contributed by atoms with Crippen molar-refractivity contribution in [2.75, 3.05) is 19.0 Å². The van der Waals surface area contributed by atoms with Crippen molar-refractivity contribution in [3.05, 3.63) is 59.7 Å². The van der Waals surface area contributed by atoms with Gasteiger partial charge in [-0.3, -0.25) is 0 Å². The van der Waals surface area contributed by atoms with Gasteiger partial charge in [0.1, 0.15) is 5.75 Å². The number of carbonyl (C=O) groups excluding carboxylic acids is 2. The number of hydrogen-bond acceptors (Lipinski definition) is 4. The number of amides is 2. The summed E-state index contributed by atoms with van der Waals surface area (Å²) in [4.78, 5) is 23.5. The Morgan fingerprint density at radius 3 is 2.50 bits per heavy atom. The van der Waals surface area contributed by atoms with Gasteiger partial charge in [-0.05, 0) is 36.8 Å². The Morgan fingerprint density at radius 2 is 1.83 bits per heavy atom. The van der Waals surface area contributed by atoms with Gasteiger partial charge >= 0.3 is 12.0 Å². The first-order valence-electron chi connectivity index (χ1n) is 7.57. The first-order valence-corrected chi connectivity index (χ1v) is 7.57. The summed E-state index contributed by atoms with van der Waals surface area (Å²) in [7, 11) is 1.57. The second-order valence-corrected chi connectivity index (χ2v) is 4.96. The van der Waals surface area contributed by atoms with E-state index in [1.807, 2.05) is 0 Å². The lowest BCUT2D eigenvalue weighted by atomic mass is 10.1. The second-order valence-electron chi connectivity index (χ2n) is 4.96. The van der Waals surface area contributed by atoms with E-state index in [-0.39, 0.29) is 12.0 Å². The molecule has 0 aromatic heterocycles. The number of carbonyl (C=O) groups is 2. The topological polar surface area (TPSA) is 76.7 Å². The quantitative estimate of drug-likeness (QED) is 0.799. The van der Waals surface area contributed by atoms with Gasteiger partial charge in [0.15, 0.2) is 0 Å². The number of hydrogen-bond donors (Lipinski definition) is 2. The molecule has 6 heteroatoms. The van der Waals surface area contributed by atoms with Crippen molar-refractivity contribution in [2.45, 2.75) is 13.5 Å². The highest BCUT2D eigenvalue weighted by Gasteiger charge is 2.06. The molecule has 0 spiro atoms.